The van der Waals surface area contributed by atoms with E-state index in [1.165, 1.54) is 0 Å². The number of hydrogen-bond acceptors (Lipinski definition) is 4. The molecule has 2 rings (SSSR count). The second-order valence-electron chi connectivity index (χ2n) is 3.73. The van der Waals surface area contributed by atoms with Crippen molar-refractivity contribution in [3.63, 3.8) is 0 Å². The number of hydrogen-bond donors (Lipinski definition) is 1. The van der Waals surface area contributed by atoms with Gasteiger partial charge in [0.2, 0.25) is 10.0 Å². The Labute approximate surface area is 97.8 Å². The van der Waals surface area contributed by atoms with Crippen molar-refractivity contribution in [1.29, 1.82) is 5.26 Å². The molecule has 0 aromatic heterocycles. The van der Waals surface area contributed by atoms with Gasteiger partial charge < -0.3 is 5.11 Å². The minimum Gasteiger partial charge on any atom is -0.390 e. The number of aliphatic hydroxyl groups excluding tert-OH is 1. The van der Waals surface area contributed by atoms with E-state index in [0.29, 0.717) is 0 Å². The zero-order chi connectivity index (χ0) is 12.6. The molecular formula is C10H9FN2O3S. The van der Waals surface area contributed by atoms with Crippen LogP contribution in [0.2, 0.25) is 0 Å². The molecule has 0 bridgehead atoms. The average Bonchev–Trinajstić information content (AvgIpc) is 2.25. The van der Waals surface area contributed by atoms with Crippen molar-refractivity contribution in [3.8, 4) is 6.07 Å². The third-order valence-electron chi connectivity index (χ3n) is 2.52. The molecule has 0 spiro atoms. The topological polar surface area (TPSA) is 81.4 Å². The molecule has 0 amide bonds. The highest BCUT2D eigenvalue weighted by Gasteiger charge is 2.35. The summed E-state index contributed by atoms with van der Waals surface area (Å²) in [6, 6.07) is 4.63. The van der Waals surface area contributed by atoms with Gasteiger partial charge in [-0.1, -0.05) is 0 Å². The number of nitrogens with zero attached hydrogens (tertiary/aromatic N) is 2. The van der Waals surface area contributed by atoms with Crippen molar-refractivity contribution < 1.29 is 17.9 Å². The Kier molecular flexibility index (Phi) is 2.87. The molecule has 7 heteroatoms. The maximum atomic E-state index is 13.0. The summed E-state index contributed by atoms with van der Waals surface area (Å²) in [5.74, 6) is -0.755. The van der Waals surface area contributed by atoms with Crippen LogP contribution in [0.4, 0.5) is 4.39 Å². The molecule has 1 fully saturated rings. The zero-order valence-corrected chi connectivity index (χ0v) is 9.48. The van der Waals surface area contributed by atoms with E-state index in [0.717, 1.165) is 22.5 Å². The molecule has 1 saturated heterocycles. The standard InChI is InChI=1S/C10H9FN2O3S/c11-10-2-1-9(3-7(10)4-12)17(15,16)13-5-8(14)6-13/h1-3,8,14H,5-6H2. The number of nitriles is 1. The molecule has 5 nitrogen and oxygen atoms in total. The number of rotatable bonds is 2. The maximum absolute atomic E-state index is 13.0. The summed E-state index contributed by atoms with van der Waals surface area (Å²) in [5, 5.41) is 17.7. The second kappa shape index (κ2) is 4.07. The molecule has 1 aliphatic rings. The molecule has 1 aliphatic heterocycles. The van der Waals surface area contributed by atoms with Gasteiger partial charge >= 0.3 is 0 Å². The van der Waals surface area contributed by atoms with E-state index in [9.17, 15) is 12.8 Å². The molecular weight excluding hydrogens is 247 g/mol. The van der Waals surface area contributed by atoms with Crippen molar-refractivity contribution in [2.45, 2.75) is 11.0 Å². The van der Waals surface area contributed by atoms with E-state index < -0.39 is 21.9 Å². The van der Waals surface area contributed by atoms with Crippen molar-refractivity contribution in [1.82, 2.24) is 4.31 Å². The lowest BCUT2D eigenvalue weighted by molar-refractivity contribution is 0.0548. The van der Waals surface area contributed by atoms with Crippen molar-refractivity contribution in [3.05, 3.63) is 29.6 Å². The third kappa shape index (κ3) is 2.02. The fourth-order valence-corrected chi connectivity index (χ4v) is 3.05. The first-order valence-corrected chi connectivity index (χ1v) is 6.27. The van der Waals surface area contributed by atoms with E-state index in [1.807, 2.05) is 0 Å². The largest absolute Gasteiger partial charge is 0.390 e. The Bertz CT molecular complexity index is 588. The molecule has 90 valence electrons. The van der Waals surface area contributed by atoms with E-state index >= 15 is 0 Å². The Balaban J connectivity index is 2.38. The van der Waals surface area contributed by atoms with E-state index in [-0.39, 0.29) is 23.5 Å². The van der Waals surface area contributed by atoms with Gasteiger partial charge in [-0.25, -0.2) is 12.8 Å². The van der Waals surface area contributed by atoms with Crippen LogP contribution in [0.5, 0.6) is 0 Å². The van der Waals surface area contributed by atoms with Crippen molar-refractivity contribution in [2.75, 3.05) is 13.1 Å². The molecule has 0 radical (unpaired) electrons. The van der Waals surface area contributed by atoms with Crippen molar-refractivity contribution >= 4 is 10.0 Å². The molecule has 1 heterocycles. The van der Waals surface area contributed by atoms with Crippen LogP contribution >= 0.6 is 0 Å². The Hall–Kier alpha value is -1.49. The summed E-state index contributed by atoms with van der Waals surface area (Å²) < 4.78 is 38.0. The summed E-state index contributed by atoms with van der Waals surface area (Å²) in [6.45, 7) is 0.0587. The minimum atomic E-state index is -3.73. The van der Waals surface area contributed by atoms with Gasteiger partial charge in [0.1, 0.15) is 11.9 Å². The van der Waals surface area contributed by atoms with Gasteiger partial charge in [-0.2, -0.15) is 9.57 Å². The van der Waals surface area contributed by atoms with Crippen LogP contribution in [-0.2, 0) is 10.0 Å². The summed E-state index contributed by atoms with van der Waals surface area (Å²) in [6.07, 6.45) is -0.652. The summed E-state index contributed by atoms with van der Waals surface area (Å²) in [7, 11) is -3.73. The molecule has 1 N–H and O–H groups in total. The normalized spacial score (nSPS) is 17.5. The van der Waals surface area contributed by atoms with Crippen LogP contribution < -0.4 is 0 Å². The van der Waals surface area contributed by atoms with Crippen LogP contribution in [-0.4, -0.2) is 37.0 Å². The summed E-state index contributed by atoms with van der Waals surface area (Å²) >= 11 is 0. The molecule has 0 atom stereocenters. The lowest BCUT2D eigenvalue weighted by atomic mass is 10.2. The molecule has 0 unspecified atom stereocenters. The number of β-amino-alcohol motifs (C(OH)–C–C–N with tert-alkyl or cyclic N) is 1. The zero-order valence-electron chi connectivity index (χ0n) is 8.67. The van der Waals surface area contributed by atoms with Crippen LogP contribution in [0.3, 0.4) is 0 Å². The van der Waals surface area contributed by atoms with Crippen LogP contribution in [0.1, 0.15) is 5.56 Å². The van der Waals surface area contributed by atoms with Gasteiger partial charge in [-0.3, -0.25) is 0 Å². The second-order valence-corrected chi connectivity index (χ2v) is 5.67. The van der Waals surface area contributed by atoms with Gasteiger partial charge in [0.15, 0.2) is 0 Å². The summed E-state index contributed by atoms with van der Waals surface area (Å²) in [5.41, 5.74) is -0.313. The fraction of sp³-hybridized carbons (Fsp3) is 0.300. The van der Waals surface area contributed by atoms with Gasteiger partial charge in [-0.15, -0.1) is 0 Å². The first kappa shape index (κ1) is 12.0. The third-order valence-corrected chi connectivity index (χ3v) is 4.35. The maximum Gasteiger partial charge on any atom is 0.243 e. The summed E-state index contributed by atoms with van der Waals surface area (Å²) in [4.78, 5) is -0.137. The molecule has 1 aromatic carbocycles. The Morgan fingerprint density at radius 3 is 2.65 bits per heavy atom. The SMILES string of the molecule is N#Cc1cc(S(=O)(=O)N2CC(O)C2)ccc1F. The number of sulfonamides is 1. The minimum absolute atomic E-state index is 0.0294. The predicted molar refractivity (Wildman–Crippen MR) is 55.9 cm³/mol. The highest BCUT2D eigenvalue weighted by molar-refractivity contribution is 7.89. The fourth-order valence-electron chi connectivity index (χ4n) is 1.51. The van der Waals surface area contributed by atoms with Gasteiger partial charge in [0.05, 0.1) is 16.6 Å². The number of aliphatic hydroxyl groups is 1. The monoisotopic (exact) mass is 256 g/mol. The molecule has 0 aliphatic carbocycles. The molecule has 0 saturated carbocycles. The van der Waals surface area contributed by atoms with Gasteiger partial charge in [0.25, 0.3) is 0 Å². The number of benzene rings is 1. The van der Waals surface area contributed by atoms with E-state index in [2.05, 4.69) is 0 Å². The lowest BCUT2D eigenvalue weighted by Crippen LogP contribution is -2.53. The molecule has 1 aromatic rings. The lowest BCUT2D eigenvalue weighted by Gasteiger charge is -2.34. The van der Waals surface area contributed by atoms with Crippen LogP contribution in [0.25, 0.3) is 0 Å². The Morgan fingerprint density at radius 1 is 1.47 bits per heavy atom. The smallest absolute Gasteiger partial charge is 0.243 e. The quantitative estimate of drug-likeness (QED) is 0.811. The van der Waals surface area contributed by atoms with E-state index in [4.69, 9.17) is 10.4 Å². The first-order valence-electron chi connectivity index (χ1n) is 4.83. The average molecular weight is 256 g/mol. The highest BCUT2D eigenvalue weighted by Crippen LogP contribution is 2.23. The predicted octanol–water partition coefficient (Wildman–Crippen LogP) is 0.0626. The highest BCUT2D eigenvalue weighted by atomic mass is 32.2. The van der Waals surface area contributed by atoms with Crippen LogP contribution in [0, 0.1) is 17.1 Å². The van der Waals surface area contributed by atoms with Crippen LogP contribution in [0.15, 0.2) is 23.1 Å². The molecule has 17 heavy (non-hydrogen) atoms. The number of halogens is 1. The first-order chi connectivity index (χ1) is 7.95. The van der Waals surface area contributed by atoms with Crippen molar-refractivity contribution in [2.24, 2.45) is 0 Å². The Morgan fingerprint density at radius 2 is 2.12 bits per heavy atom. The van der Waals surface area contributed by atoms with Gasteiger partial charge in [-0.05, 0) is 18.2 Å². The van der Waals surface area contributed by atoms with Gasteiger partial charge in [0, 0.05) is 13.1 Å². The van der Waals surface area contributed by atoms with E-state index in [1.54, 1.807) is 6.07 Å².